The number of nitrogens with two attached hydrogens (primary N) is 1. The monoisotopic (exact) mass is 290 g/mol. The number of aliphatic hydroxyl groups excluding tert-OH is 1. The molecule has 3 unspecified atom stereocenters. The van der Waals surface area contributed by atoms with Gasteiger partial charge in [-0.3, -0.25) is 10.3 Å². The number of β-amino-alcohol motifs (C(OH)–C–C–N with tert-alkyl or cyclic N) is 1. The molecule has 1 heterocycles. The Balaban J connectivity index is 2.10. The highest BCUT2D eigenvalue weighted by atomic mass is 16.3. The number of nitrogens with one attached hydrogen (secondary N) is 1. The lowest BCUT2D eigenvalue weighted by atomic mass is 9.97. The van der Waals surface area contributed by atoms with Gasteiger partial charge in [-0.05, 0) is 26.1 Å². The first-order valence-corrected chi connectivity index (χ1v) is 7.43. The molecule has 21 heavy (non-hydrogen) atoms. The van der Waals surface area contributed by atoms with Gasteiger partial charge < -0.3 is 15.7 Å². The van der Waals surface area contributed by atoms with Crippen LogP contribution in [-0.2, 0) is 0 Å². The van der Waals surface area contributed by atoms with Gasteiger partial charge in [0.05, 0.1) is 17.9 Å². The highest BCUT2D eigenvalue weighted by Crippen LogP contribution is 2.24. The Morgan fingerprint density at radius 1 is 1.43 bits per heavy atom. The molecule has 3 atom stereocenters. The minimum atomic E-state index is -0.279. The topological polar surface area (TPSA) is 76.6 Å². The van der Waals surface area contributed by atoms with Gasteiger partial charge in [-0.25, -0.2) is 0 Å². The maximum absolute atomic E-state index is 9.96. The van der Waals surface area contributed by atoms with E-state index in [0.717, 1.165) is 18.5 Å². The molecule has 116 valence electrons. The summed E-state index contributed by atoms with van der Waals surface area (Å²) in [4.78, 5) is 4.41. The van der Waals surface area contributed by atoms with Crippen molar-refractivity contribution in [2.24, 2.45) is 5.73 Å². The molecule has 1 aromatic rings. The zero-order valence-corrected chi connectivity index (χ0v) is 12.9. The molecular formula is C16H26N4O. The number of aliphatic hydroxyl groups is 1. The zero-order valence-electron chi connectivity index (χ0n) is 12.9. The highest BCUT2D eigenvalue weighted by Gasteiger charge is 2.33. The predicted molar refractivity (Wildman–Crippen MR) is 85.6 cm³/mol. The summed E-state index contributed by atoms with van der Waals surface area (Å²) < 4.78 is 0. The molecule has 0 amide bonds. The summed E-state index contributed by atoms with van der Waals surface area (Å²) in [5, 5.41) is 17.8. The third-order valence-electron chi connectivity index (χ3n) is 4.08. The Kier molecular flexibility index (Phi) is 5.33. The normalized spacial score (nSPS) is 24.4. The quantitative estimate of drug-likeness (QED) is 0.532. The van der Waals surface area contributed by atoms with Crippen molar-refractivity contribution in [2.45, 2.75) is 24.5 Å². The number of rotatable bonds is 6. The predicted octanol–water partition coefficient (Wildman–Crippen LogP) is 0.703. The Labute approximate surface area is 126 Å². The number of nitrogens with zero attached hydrogens (tertiary/aromatic N) is 2. The molecule has 0 saturated carbocycles. The molecule has 0 radical (unpaired) electrons. The molecule has 1 saturated heterocycles. The lowest BCUT2D eigenvalue weighted by Crippen LogP contribution is -2.42. The average molecular weight is 290 g/mol. The van der Waals surface area contributed by atoms with Crippen LogP contribution >= 0.6 is 0 Å². The van der Waals surface area contributed by atoms with Crippen LogP contribution in [0.25, 0.3) is 0 Å². The van der Waals surface area contributed by atoms with E-state index in [-0.39, 0.29) is 17.9 Å². The van der Waals surface area contributed by atoms with Crippen LogP contribution in [0.5, 0.6) is 0 Å². The molecule has 1 aliphatic rings. The molecule has 5 heteroatoms. The standard InChI is InChI=1S/C16H26N4O/c1-19(2)9-13-8-14(21)10-20(13)11-15(16(17)18)12-6-4-3-5-7-12/h3-7,13-15,21H,8-11H2,1-2H3,(H3,17,18). The van der Waals surface area contributed by atoms with E-state index in [9.17, 15) is 5.11 Å². The van der Waals surface area contributed by atoms with Crippen LogP contribution < -0.4 is 5.73 Å². The number of hydrogen-bond acceptors (Lipinski definition) is 4. The number of amidine groups is 1. The molecule has 0 spiro atoms. The van der Waals surface area contributed by atoms with Crippen LogP contribution in [-0.4, -0.2) is 66.6 Å². The van der Waals surface area contributed by atoms with E-state index in [1.807, 2.05) is 44.4 Å². The van der Waals surface area contributed by atoms with Crippen molar-refractivity contribution in [2.75, 3.05) is 33.7 Å². The van der Waals surface area contributed by atoms with Crippen molar-refractivity contribution in [3.63, 3.8) is 0 Å². The van der Waals surface area contributed by atoms with Gasteiger partial charge in [0.25, 0.3) is 0 Å². The lowest BCUT2D eigenvalue weighted by Gasteiger charge is -2.30. The van der Waals surface area contributed by atoms with Gasteiger partial charge in [0.15, 0.2) is 0 Å². The van der Waals surface area contributed by atoms with Crippen LogP contribution in [0.15, 0.2) is 30.3 Å². The second-order valence-electron chi connectivity index (χ2n) is 6.18. The van der Waals surface area contributed by atoms with E-state index in [0.29, 0.717) is 19.1 Å². The first-order valence-electron chi connectivity index (χ1n) is 7.43. The molecule has 0 aliphatic carbocycles. The first-order chi connectivity index (χ1) is 9.97. The van der Waals surface area contributed by atoms with Crippen molar-refractivity contribution in [1.29, 1.82) is 5.41 Å². The van der Waals surface area contributed by atoms with Crippen LogP contribution in [0.3, 0.4) is 0 Å². The number of likely N-dealkylation sites (tertiary alicyclic amines) is 1. The molecule has 5 nitrogen and oxygen atoms in total. The van der Waals surface area contributed by atoms with E-state index < -0.39 is 0 Å². The third kappa shape index (κ3) is 4.27. The summed E-state index contributed by atoms with van der Waals surface area (Å²) in [6, 6.07) is 10.3. The minimum Gasteiger partial charge on any atom is -0.392 e. The van der Waals surface area contributed by atoms with Crippen LogP contribution in [0.4, 0.5) is 0 Å². The van der Waals surface area contributed by atoms with Crippen molar-refractivity contribution in [3.8, 4) is 0 Å². The van der Waals surface area contributed by atoms with Crippen molar-refractivity contribution in [3.05, 3.63) is 35.9 Å². The fourth-order valence-corrected chi connectivity index (χ4v) is 3.10. The molecule has 1 aromatic carbocycles. The number of likely N-dealkylation sites (N-methyl/N-ethyl adjacent to an activating group) is 1. The Hall–Kier alpha value is -1.43. The van der Waals surface area contributed by atoms with E-state index >= 15 is 0 Å². The summed E-state index contributed by atoms with van der Waals surface area (Å²) in [5.74, 6) is 0.0763. The maximum atomic E-state index is 9.96. The molecule has 1 fully saturated rings. The van der Waals surface area contributed by atoms with E-state index in [1.54, 1.807) is 0 Å². The number of benzene rings is 1. The molecule has 0 aromatic heterocycles. The van der Waals surface area contributed by atoms with Gasteiger partial charge in [0.1, 0.15) is 0 Å². The van der Waals surface area contributed by atoms with Crippen LogP contribution in [0.2, 0.25) is 0 Å². The fourth-order valence-electron chi connectivity index (χ4n) is 3.10. The molecular weight excluding hydrogens is 264 g/mol. The molecule has 2 rings (SSSR count). The van der Waals surface area contributed by atoms with E-state index in [1.165, 1.54) is 0 Å². The summed E-state index contributed by atoms with van der Waals surface area (Å²) in [6.07, 6.45) is 0.510. The second-order valence-corrected chi connectivity index (χ2v) is 6.18. The summed E-state index contributed by atoms with van der Waals surface area (Å²) >= 11 is 0. The maximum Gasteiger partial charge on any atom is 0.0995 e. The van der Waals surface area contributed by atoms with Gasteiger partial charge in [-0.1, -0.05) is 30.3 Å². The highest BCUT2D eigenvalue weighted by molar-refractivity contribution is 5.84. The van der Waals surface area contributed by atoms with Crippen molar-refractivity contribution < 1.29 is 5.11 Å². The van der Waals surface area contributed by atoms with Crippen LogP contribution in [0, 0.1) is 5.41 Å². The lowest BCUT2D eigenvalue weighted by molar-refractivity contribution is 0.172. The SMILES string of the molecule is CN(C)CC1CC(O)CN1CC(C(=N)N)c1ccccc1. The van der Waals surface area contributed by atoms with Gasteiger partial charge >= 0.3 is 0 Å². The summed E-state index contributed by atoms with van der Waals surface area (Å²) in [5.41, 5.74) is 6.88. The van der Waals surface area contributed by atoms with Crippen LogP contribution in [0.1, 0.15) is 17.9 Å². The molecule has 0 bridgehead atoms. The van der Waals surface area contributed by atoms with Crippen molar-refractivity contribution in [1.82, 2.24) is 9.80 Å². The van der Waals surface area contributed by atoms with Crippen molar-refractivity contribution >= 4 is 5.84 Å². The summed E-state index contributed by atoms with van der Waals surface area (Å²) in [7, 11) is 4.09. The Bertz CT molecular complexity index is 463. The smallest absolute Gasteiger partial charge is 0.0995 e. The minimum absolute atomic E-state index is 0.110. The Morgan fingerprint density at radius 3 is 2.67 bits per heavy atom. The first kappa shape index (κ1) is 15.9. The third-order valence-corrected chi connectivity index (χ3v) is 4.08. The summed E-state index contributed by atoms with van der Waals surface area (Å²) in [6.45, 7) is 2.26. The number of hydrogen-bond donors (Lipinski definition) is 3. The molecule has 4 N–H and O–H groups in total. The van der Waals surface area contributed by atoms with E-state index in [4.69, 9.17) is 11.1 Å². The van der Waals surface area contributed by atoms with Gasteiger partial charge in [0, 0.05) is 25.7 Å². The van der Waals surface area contributed by atoms with Gasteiger partial charge in [-0.2, -0.15) is 0 Å². The fraction of sp³-hybridized carbons (Fsp3) is 0.562. The van der Waals surface area contributed by atoms with Gasteiger partial charge in [0.2, 0.25) is 0 Å². The average Bonchev–Trinajstić information content (AvgIpc) is 2.75. The largest absolute Gasteiger partial charge is 0.392 e. The van der Waals surface area contributed by atoms with E-state index in [2.05, 4.69) is 9.80 Å². The Morgan fingerprint density at radius 2 is 2.10 bits per heavy atom. The molecule has 1 aliphatic heterocycles. The van der Waals surface area contributed by atoms with Gasteiger partial charge in [-0.15, -0.1) is 0 Å². The zero-order chi connectivity index (χ0) is 15.4. The second kappa shape index (κ2) is 7.02.